The van der Waals surface area contributed by atoms with Crippen molar-refractivity contribution < 1.29 is 24.6 Å². The molecule has 3 aromatic carbocycles. The summed E-state index contributed by atoms with van der Waals surface area (Å²) in [7, 11) is 0. The zero-order chi connectivity index (χ0) is 22.6. The maximum Gasteiger partial charge on any atom is 0.324 e. The van der Waals surface area contributed by atoms with E-state index in [9.17, 15) is 24.6 Å². The number of benzene rings is 3. The molecule has 7 nitrogen and oxygen atoms in total. The number of carbonyl (C=O) groups excluding carboxylic acids is 2. The molecule has 2 heterocycles. The van der Waals surface area contributed by atoms with E-state index < -0.39 is 41.2 Å². The van der Waals surface area contributed by atoms with E-state index in [1.165, 1.54) is 6.07 Å². The molecule has 2 saturated heterocycles. The number of para-hydroxylation sites is 1. The molecule has 3 aromatic rings. The van der Waals surface area contributed by atoms with E-state index in [0.717, 1.165) is 15.7 Å². The van der Waals surface area contributed by atoms with Gasteiger partial charge < -0.3 is 10.2 Å². The Bertz CT molecular complexity index is 1270. The first-order valence-corrected chi connectivity index (χ1v) is 10.5. The summed E-state index contributed by atoms with van der Waals surface area (Å²) >= 11 is 0. The van der Waals surface area contributed by atoms with Crippen LogP contribution in [0.3, 0.4) is 0 Å². The van der Waals surface area contributed by atoms with Gasteiger partial charge in [0.25, 0.3) is 0 Å². The van der Waals surface area contributed by atoms with Crippen LogP contribution in [-0.2, 0) is 14.4 Å². The van der Waals surface area contributed by atoms with Crippen LogP contribution in [0.25, 0.3) is 10.8 Å². The molecule has 0 aromatic heterocycles. The molecule has 2 fully saturated rings. The third-order valence-electron chi connectivity index (χ3n) is 6.87. The minimum atomic E-state index is -1.62. The SMILES string of the molecule is CCC1(C(=O)O)NC(c2ccccc2O)C2C(=O)N(c3cccc4ccccc34)C(=O)C21. The van der Waals surface area contributed by atoms with Gasteiger partial charge in [-0.15, -0.1) is 0 Å². The van der Waals surface area contributed by atoms with Crippen LogP contribution in [0.15, 0.2) is 66.7 Å². The summed E-state index contributed by atoms with van der Waals surface area (Å²) < 4.78 is 0. The fourth-order valence-electron chi connectivity index (χ4n) is 5.33. The van der Waals surface area contributed by atoms with Gasteiger partial charge in [-0.2, -0.15) is 0 Å². The normalized spacial score (nSPS) is 27.2. The summed E-state index contributed by atoms with van der Waals surface area (Å²) in [5.41, 5.74) is -0.775. The van der Waals surface area contributed by atoms with E-state index in [1.807, 2.05) is 30.3 Å². The summed E-state index contributed by atoms with van der Waals surface area (Å²) in [4.78, 5) is 41.1. The lowest BCUT2D eigenvalue weighted by Gasteiger charge is -2.30. The Kier molecular flexibility index (Phi) is 4.53. The zero-order valence-corrected chi connectivity index (χ0v) is 17.4. The lowest BCUT2D eigenvalue weighted by molar-refractivity contribution is -0.149. The summed E-state index contributed by atoms with van der Waals surface area (Å²) in [6.07, 6.45) is 0.107. The maximum atomic E-state index is 13.8. The second kappa shape index (κ2) is 7.17. The van der Waals surface area contributed by atoms with E-state index in [4.69, 9.17) is 0 Å². The predicted molar refractivity (Wildman–Crippen MR) is 118 cm³/mol. The first-order chi connectivity index (χ1) is 15.4. The molecule has 3 N–H and O–H groups in total. The summed E-state index contributed by atoms with van der Waals surface area (Å²) in [5.74, 6) is -4.29. The Morgan fingerprint density at radius 1 is 1.00 bits per heavy atom. The summed E-state index contributed by atoms with van der Waals surface area (Å²) in [5, 5.41) is 25.3. The van der Waals surface area contributed by atoms with Crippen molar-refractivity contribution in [2.24, 2.45) is 11.8 Å². The quantitative estimate of drug-likeness (QED) is 0.549. The number of rotatable bonds is 4. The molecule has 4 unspecified atom stereocenters. The van der Waals surface area contributed by atoms with Gasteiger partial charge in [-0.3, -0.25) is 19.7 Å². The summed E-state index contributed by atoms with van der Waals surface area (Å²) in [6, 6.07) is 18.5. The molecule has 162 valence electrons. The monoisotopic (exact) mass is 430 g/mol. The van der Waals surface area contributed by atoms with E-state index in [1.54, 1.807) is 37.3 Å². The van der Waals surface area contributed by atoms with Crippen LogP contribution in [0.2, 0.25) is 0 Å². The number of aromatic hydroxyl groups is 1. The number of phenols is 1. The van der Waals surface area contributed by atoms with Crippen LogP contribution in [0, 0.1) is 11.8 Å². The van der Waals surface area contributed by atoms with Gasteiger partial charge in [-0.1, -0.05) is 61.5 Å². The number of amides is 2. The average molecular weight is 430 g/mol. The molecule has 5 rings (SSSR count). The number of hydrogen-bond donors (Lipinski definition) is 3. The number of phenolic OH excluding ortho intramolecular Hbond substituents is 1. The van der Waals surface area contributed by atoms with Crippen molar-refractivity contribution in [3.63, 3.8) is 0 Å². The van der Waals surface area contributed by atoms with Gasteiger partial charge >= 0.3 is 5.97 Å². The van der Waals surface area contributed by atoms with Crippen LogP contribution in [0.5, 0.6) is 5.75 Å². The van der Waals surface area contributed by atoms with Crippen LogP contribution in [-0.4, -0.2) is 33.5 Å². The third-order valence-corrected chi connectivity index (χ3v) is 6.87. The zero-order valence-electron chi connectivity index (χ0n) is 17.4. The van der Waals surface area contributed by atoms with Crippen molar-refractivity contribution in [1.82, 2.24) is 5.32 Å². The van der Waals surface area contributed by atoms with E-state index >= 15 is 0 Å². The van der Waals surface area contributed by atoms with Crippen LogP contribution >= 0.6 is 0 Å². The second-order valence-corrected chi connectivity index (χ2v) is 8.32. The molecule has 0 spiro atoms. The average Bonchev–Trinajstić information content (AvgIpc) is 3.28. The van der Waals surface area contributed by atoms with Gasteiger partial charge in [-0.25, -0.2) is 4.90 Å². The topological polar surface area (TPSA) is 107 Å². The molecule has 2 aliphatic rings. The highest BCUT2D eigenvalue weighted by molar-refractivity contribution is 6.26. The van der Waals surface area contributed by atoms with Gasteiger partial charge in [0.05, 0.1) is 17.5 Å². The Balaban J connectivity index is 1.70. The molecule has 4 atom stereocenters. The number of hydrogen-bond acceptors (Lipinski definition) is 5. The Morgan fingerprint density at radius 3 is 2.41 bits per heavy atom. The van der Waals surface area contributed by atoms with E-state index in [0.29, 0.717) is 11.3 Å². The van der Waals surface area contributed by atoms with Crippen LogP contribution < -0.4 is 10.2 Å². The third kappa shape index (κ3) is 2.61. The number of carboxylic acid groups (broad SMARTS) is 1. The van der Waals surface area contributed by atoms with Gasteiger partial charge in [0, 0.05) is 17.0 Å². The van der Waals surface area contributed by atoms with Gasteiger partial charge in [0.1, 0.15) is 11.3 Å². The summed E-state index contributed by atoms with van der Waals surface area (Å²) in [6.45, 7) is 1.68. The molecule has 0 bridgehead atoms. The van der Waals surface area contributed by atoms with Crippen LogP contribution in [0.1, 0.15) is 24.9 Å². The Hall–Kier alpha value is -3.71. The number of aliphatic carboxylic acids is 1. The van der Waals surface area contributed by atoms with Crippen molar-refractivity contribution in [1.29, 1.82) is 0 Å². The Morgan fingerprint density at radius 2 is 1.69 bits per heavy atom. The fourth-order valence-corrected chi connectivity index (χ4v) is 5.33. The minimum Gasteiger partial charge on any atom is -0.508 e. The highest BCUT2D eigenvalue weighted by Gasteiger charge is 2.68. The molecule has 2 aliphatic heterocycles. The number of nitrogens with zero attached hydrogens (tertiary/aromatic N) is 1. The highest BCUT2D eigenvalue weighted by Crippen LogP contribution is 2.52. The number of carbonyl (C=O) groups is 3. The molecular formula is C25H22N2O5. The molecule has 32 heavy (non-hydrogen) atoms. The lowest BCUT2D eigenvalue weighted by Crippen LogP contribution is -2.55. The van der Waals surface area contributed by atoms with Crippen molar-refractivity contribution in [3.8, 4) is 5.75 Å². The fraction of sp³-hybridized carbons (Fsp3) is 0.240. The molecule has 0 saturated carbocycles. The molecule has 0 radical (unpaired) electrons. The smallest absolute Gasteiger partial charge is 0.324 e. The first kappa shape index (κ1) is 20.2. The number of imide groups is 1. The van der Waals surface area contributed by atoms with Gasteiger partial charge in [0.15, 0.2) is 0 Å². The maximum absolute atomic E-state index is 13.8. The van der Waals surface area contributed by atoms with Gasteiger partial charge in [-0.05, 0) is 23.9 Å². The number of carboxylic acids is 1. The molecule has 7 heteroatoms. The van der Waals surface area contributed by atoms with Crippen molar-refractivity contribution in [2.75, 3.05) is 4.90 Å². The van der Waals surface area contributed by atoms with Gasteiger partial charge in [0.2, 0.25) is 11.8 Å². The predicted octanol–water partition coefficient (Wildman–Crippen LogP) is 3.23. The lowest BCUT2D eigenvalue weighted by atomic mass is 9.78. The van der Waals surface area contributed by atoms with Crippen molar-refractivity contribution >= 4 is 34.2 Å². The molecule has 0 aliphatic carbocycles. The van der Waals surface area contributed by atoms with Crippen molar-refractivity contribution in [2.45, 2.75) is 24.9 Å². The standard InChI is InChI=1S/C25H22N2O5/c1-2-25(24(31)32)20-19(21(26-25)16-11-5-6-13-18(16)28)22(29)27(23(20)30)17-12-7-9-14-8-3-4-10-15(14)17/h3-13,19-21,26,28H,2H2,1H3,(H,31,32). The highest BCUT2D eigenvalue weighted by atomic mass is 16.4. The largest absolute Gasteiger partial charge is 0.508 e. The molecular weight excluding hydrogens is 408 g/mol. The Labute approximate surface area is 184 Å². The number of nitrogens with one attached hydrogen (secondary N) is 1. The second-order valence-electron chi connectivity index (χ2n) is 8.32. The first-order valence-electron chi connectivity index (χ1n) is 10.5. The van der Waals surface area contributed by atoms with Crippen LogP contribution in [0.4, 0.5) is 5.69 Å². The van der Waals surface area contributed by atoms with E-state index in [-0.39, 0.29) is 12.2 Å². The molecule has 2 amide bonds. The van der Waals surface area contributed by atoms with Crippen molar-refractivity contribution in [3.05, 3.63) is 72.3 Å². The minimum absolute atomic E-state index is 0.0510. The number of anilines is 1. The van der Waals surface area contributed by atoms with E-state index in [2.05, 4.69) is 5.32 Å². The number of fused-ring (bicyclic) bond motifs is 2.